The number of rotatable bonds is 1. The number of ether oxygens (including phenoxy) is 1. The van der Waals surface area contributed by atoms with Crippen LogP contribution in [0.2, 0.25) is 0 Å². The van der Waals surface area contributed by atoms with Crippen molar-refractivity contribution in [1.82, 2.24) is 0 Å². The lowest BCUT2D eigenvalue weighted by Gasteiger charge is -2.01. The van der Waals surface area contributed by atoms with Crippen molar-refractivity contribution in [3.8, 4) is 5.75 Å². The molecule has 0 atom stereocenters. The third-order valence-corrected chi connectivity index (χ3v) is 1.95. The van der Waals surface area contributed by atoms with Gasteiger partial charge in [0.2, 0.25) is 0 Å². The van der Waals surface area contributed by atoms with E-state index in [1.807, 2.05) is 0 Å². The summed E-state index contributed by atoms with van der Waals surface area (Å²) >= 11 is 2.74. The maximum atomic E-state index is 12.7. The van der Waals surface area contributed by atoms with Gasteiger partial charge in [0.05, 0.1) is 11.6 Å². The normalized spacial score (nSPS) is 9.82. The van der Waals surface area contributed by atoms with Crippen LogP contribution in [0.25, 0.3) is 0 Å². The van der Waals surface area contributed by atoms with Crippen molar-refractivity contribution in [3.05, 3.63) is 28.2 Å². The monoisotopic (exact) mass is 222 g/mol. The molecule has 0 aliphatic heterocycles. The molecule has 11 heavy (non-hydrogen) atoms. The molecule has 0 unspecified atom stereocenters. The Kier molecular flexibility index (Phi) is 2.44. The molecule has 0 bridgehead atoms. The van der Waals surface area contributed by atoms with E-state index < -0.39 is 11.6 Å². The van der Waals surface area contributed by atoms with Crippen LogP contribution in [0.15, 0.2) is 16.6 Å². The second-order valence-electron chi connectivity index (χ2n) is 1.91. The third kappa shape index (κ3) is 1.68. The van der Waals surface area contributed by atoms with Gasteiger partial charge in [0.1, 0.15) is 17.4 Å². The Balaban J connectivity index is 3.21. The van der Waals surface area contributed by atoms with E-state index in [0.29, 0.717) is 0 Å². The van der Waals surface area contributed by atoms with Crippen LogP contribution in [0.5, 0.6) is 5.75 Å². The highest BCUT2D eigenvalue weighted by Gasteiger charge is 2.07. The molecule has 0 amide bonds. The molecule has 1 rings (SSSR count). The van der Waals surface area contributed by atoms with E-state index in [9.17, 15) is 8.78 Å². The first-order valence-electron chi connectivity index (χ1n) is 2.83. The molecule has 0 heterocycles. The van der Waals surface area contributed by atoms with Gasteiger partial charge >= 0.3 is 0 Å². The van der Waals surface area contributed by atoms with Gasteiger partial charge in [-0.2, -0.15) is 0 Å². The summed E-state index contributed by atoms with van der Waals surface area (Å²) in [5.74, 6) is -1.16. The zero-order chi connectivity index (χ0) is 8.43. The average Bonchev–Trinajstić information content (AvgIpc) is 1.99. The smallest absolute Gasteiger partial charge is 0.144 e. The molecule has 0 aromatic heterocycles. The lowest BCUT2D eigenvalue weighted by Crippen LogP contribution is -1.88. The minimum absolute atomic E-state index is 0.168. The highest BCUT2D eigenvalue weighted by atomic mass is 79.9. The van der Waals surface area contributed by atoms with Crippen molar-refractivity contribution < 1.29 is 13.5 Å². The van der Waals surface area contributed by atoms with E-state index in [2.05, 4.69) is 20.7 Å². The predicted octanol–water partition coefficient (Wildman–Crippen LogP) is 2.74. The summed E-state index contributed by atoms with van der Waals surface area (Å²) < 4.78 is 29.8. The zero-order valence-corrected chi connectivity index (χ0v) is 7.28. The fraction of sp³-hybridized carbons (Fsp3) is 0.143. The van der Waals surface area contributed by atoms with Gasteiger partial charge in [0.25, 0.3) is 0 Å². The maximum Gasteiger partial charge on any atom is 0.144 e. The van der Waals surface area contributed by atoms with E-state index in [1.54, 1.807) is 0 Å². The first kappa shape index (κ1) is 8.46. The topological polar surface area (TPSA) is 9.23 Å². The number of benzene rings is 1. The fourth-order valence-electron chi connectivity index (χ4n) is 0.650. The Morgan fingerprint density at radius 3 is 2.09 bits per heavy atom. The van der Waals surface area contributed by atoms with Gasteiger partial charge < -0.3 is 4.74 Å². The van der Waals surface area contributed by atoms with Crippen molar-refractivity contribution in [2.75, 3.05) is 7.11 Å². The number of hydrogen-bond acceptors (Lipinski definition) is 1. The Morgan fingerprint density at radius 2 is 1.73 bits per heavy atom. The van der Waals surface area contributed by atoms with Gasteiger partial charge in [-0.05, 0) is 15.9 Å². The van der Waals surface area contributed by atoms with Crippen LogP contribution in [0.3, 0.4) is 0 Å². The Bertz CT molecular complexity index is 252. The van der Waals surface area contributed by atoms with Crippen molar-refractivity contribution in [2.24, 2.45) is 0 Å². The molecular weight excluding hydrogens is 218 g/mol. The molecule has 0 aliphatic carbocycles. The maximum absolute atomic E-state index is 12.7. The molecule has 0 spiro atoms. The number of methoxy groups -OCH3 is 1. The SMILES string of the molecule is COc1cc(F)c(Br)c(F)c1. The van der Waals surface area contributed by atoms with Gasteiger partial charge in [-0.3, -0.25) is 0 Å². The molecule has 0 N–H and O–H groups in total. The molecule has 1 aromatic carbocycles. The summed E-state index contributed by atoms with van der Waals surface area (Å²) in [6.45, 7) is 0. The molecule has 0 saturated heterocycles. The van der Waals surface area contributed by atoms with E-state index in [4.69, 9.17) is 0 Å². The van der Waals surface area contributed by atoms with Crippen LogP contribution in [0, 0.1) is 11.6 Å². The van der Waals surface area contributed by atoms with Crippen LogP contribution in [-0.4, -0.2) is 7.11 Å². The lowest BCUT2D eigenvalue weighted by atomic mass is 10.3. The Hall–Kier alpha value is -0.640. The quantitative estimate of drug-likeness (QED) is 0.665. The van der Waals surface area contributed by atoms with Crippen LogP contribution in [0.1, 0.15) is 0 Å². The molecule has 0 fully saturated rings. The molecule has 0 radical (unpaired) electrons. The second kappa shape index (κ2) is 3.17. The highest BCUT2D eigenvalue weighted by Crippen LogP contribution is 2.24. The first-order chi connectivity index (χ1) is 5.15. The molecule has 1 nitrogen and oxygen atoms in total. The average molecular weight is 223 g/mol. The molecule has 60 valence electrons. The van der Waals surface area contributed by atoms with Crippen LogP contribution in [-0.2, 0) is 0 Å². The second-order valence-corrected chi connectivity index (χ2v) is 2.70. The number of hydrogen-bond donors (Lipinski definition) is 0. The predicted molar refractivity (Wildman–Crippen MR) is 40.6 cm³/mol. The van der Waals surface area contributed by atoms with Gasteiger partial charge in [0.15, 0.2) is 0 Å². The van der Waals surface area contributed by atoms with Gasteiger partial charge in [-0.15, -0.1) is 0 Å². The summed E-state index contributed by atoms with van der Waals surface area (Å²) in [5.41, 5.74) is 0. The van der Waals surface area contributed by atoms with Crippen molar-refractivity contribution in [2.45, 2.75) is 0 Å². The van der Waals surface area contributed by atoms with Gasteiger partial charge in [-0.1, -0.05) is 0 Å². The summed E-state index contributed by atoms with van der Waals surface area (Å²) in [5, 5.41) is 0. The summed E-state index contributed by atoms with van der Waals surface area (Å²) in [7, 11) is 1.35. The van der Waals surface area contributed by atoms with Crippen LogP contribution < -0.4 is 4.74 Å². The van der Waals surface area contributed by atoms with Crippen molar-refractivity contribution in [1.29, 1.82) is 0 Å². The number of halogens is 3. The summed E-state index contributed by atoms with van der Waals surface area (Å²) in [6.07, 6.45) is 0. The fourth-order valence-corrected chi connectivity index (χ4v) is 0.879. The Morgan fingerprint density at radius 1 is 1.27 bits per heavy atom. The van der Waals surface area contributed by atoms with Crippen molar-refractivity contribution in [3.63, 3.8) is 0 Å². The Labute approximate surface area is 71.1 Å². The van der Waals surface area contributed by atoms with Crippen LogP contribution in [0.4, 0.5) is 8.78 Å². The van der Waals surface area contributed by atoms with E-state index >= 15 is 0 Å². The highest BCUT2D eigenvalue weighted by molar-refractivity contribution is 9.10. The lowest BCUT2D eigenvalue weighted by molar-refractivity contribution is 0.406. The summed E-state index contributed by atoms with van der Waals surface area (Å²) in [4.78, 5) is 0. The zero-order valence-electron chi connectivity index (χ0n) is 5.70. The minimum atomic E-state index is -0.665. The molecule has 0 aliphatic rings. The molecule has 1 aromatic rings. The molecule has 4 heteroatoms. The van der Waals surface area contributed by atoms with Gasteiger partial charge in [0, 0.05) is 12.1 Å². The van der Waals surface area contributed by atoms with E-state index in [-0.39, 0.29) is 10.2 Å². The summed E-state index contributed by atoms with van der Waals surface area (Å²) in [6, 6.07) is 2.21. The van der Waals surface area contributed by atoms with Crippen molar-refractivity contribution >= 4 is 15.9 Å². The van der Waals surface area contributed by atoms with E-state index in [0.717, 1.165) is 12.1 Å². The standard InChI is InChI=1S/C7H5BrF2O/c1-11-4-2-5(9)7(8)6(10)3-4/h2-3H,1H3. The first-order valence-corrected chi connectivity index (χ1v) is 3.63. The van der Waals surface area contributed by atoms with Crippen LogP contribution >= 0.6 is 15.9 Å². The van der Waals surface area contributed by atoms with Gasteiger partial charge in [-0.25, -0.2) is 8.78 Å². The minimum Gasteiger partial charge on any atom is -0.497 e. The largest absolute Gasteiger partial charge is 0.497 e. The van der Waals surface area contributed by atoms with E-state index in [1.165, 1.54) is 7.11 Å². The third-order valence-electron chi connectivity index (χ3n) is 1.19. The molecule has 0 saturated carbocycles. The molecular formula is C7H5BrF2O.